The van der Waals surface area contributed by atoms with Crippen molar-refractivity contribution < 1.29 is 38.6 Å². The molecule has 0 amide bonds. The summed E-state index contributed by atoms with van der Waals surface area (Å²) in [4.78, 5) is 3.55. The van der Waals surface area contributed by atoms with Gasteiger partial charge in [0.1, 0.15) is 11.5 Å². The maximum atomic E-state index is 8.49. The van der Waals surface area contributed by atoms with Crippen molar-refractivity contribution in [2.75, 3.05) is 0 Å². The molecule has 0 saturated carbocycles. The van der Waals surface area contributed by atoms with E-state index in [0.717, 1.165) is 22.6 Å². The third kappa shape index (κ3) is 5.24. The fourth-order valence-electron chi connectivity index (χ4n) is 3.37. The second kappa shape index (κ2) is 8.55. The van der Waals surface area contributed by atoms with Crippen molar-refractivity contribution in [2.45, 2.75) is 26.2 Å². The molecule has 156 valence electrons. The van der Waals surface area contributed by atoms with E-state index < -0.39 is 10.2 Å². The third-order valence-electron chi connectivity index (χ3n) is 4.98. The summed E-state index contributed by atoms with van der Waals surface area (Å²) in [5.74, 6) is 1.80. The van der Waals surface area contributed by atoms with Gasteiger partial charge in [-0.25, -0.2) is 23.6 Å². The van der Waals surface area contributed by atoms with E-state index in [1.807, 2.05) is 24.3 Å². The van der Waals surface area contributed by atoms with Gasteiger partial charge in [-0.2, -0.15) is 0 Å². The van der Waals surface area contributed by atoms with E-state index >= 15 is 0 Å². The number of hydrogen-bond donors (Lipinski definition) is 1. The molecule has 0 radical (unpaired) electrons. The smallest absolute Gasteiger partial charge is 0.208 e. The normalized spacial score (nSPS) is 18.0. The van der Waals surface area contributed by atoms with Crippen LogP contribution in [0.4, 0.5) is 5.69 Å². The monoisotopic (exact) mass is 427 g/mol. The number of benzene rings is 2. The Morgan fingerprint density at radius 2 is 1.60 bits per heavy atom. The Balaban J connectivity index is 0.000000461. The Bertz CT molecular complexity index is 1060. The molecule has 0 saturated heterocycles. The summed E-state index contributed by atoms with van der Waals surface area (Å²) in [7, 11) is -4.94. The predicted octanol–water partition coefficient (Wildman–Crippen LogP) is -0.689. The lowest BCUT2D eigenvalue weighted by molar-refractivity contribution is -2.00. The average Bonchev–Trinajstić information content (AvgIpc) is 2.95. The van der Waals surface area contributed by atoms with E-state index in [4.69, 9.17) is 23.4 Å². The molecule has 30 heavy (non-hydrogen) atoms. The highest BCUT2D eigenvalue weighted by Gasteiger charge is 2.39. The Morgan fingerprint density at radius 3 is 2.30 bits per heavy atom. The van der Waals surface area contributed by atoms with Crippen LogP contribution in [0, 0.1) is 10.2 Å². The van der Waals surface area contributed by atoms with Crippen LogP contribution in [-0.4, -0.2) is 5.71 Å². The summed E-state index contributed by atoms with van der Waals surface area (Å²) in [5, 5.41) is 0. The highest BCUT2D eigenvalue weighted by molar-refractivity contribution is 6.02. The van der Waals surface area contributed by atoms with Gasteiger partial charge < -0.3 is 4.74 Å². The van der Waals surface area contributed by atoms with E-state index in [0.29, 0.717) is 0 Å². The lowest BCUT2D eigenvalue weighted by Crippen LogP contribution is -2.68. The van der Waals surface area contributed by atoms with E-state index in [1.54, 1.807) is 0 Å². The van der Waals surface area contributed by atoms with Crippen molar-refractivity contribution in [2.24, 2.45) is 0 Å². The van der Waals surface area contributed by atoms with Gasteiger partial charge in [0.05, 0.1) is 5.41 Å². The molecule has 1 N–H and O–H groups in total. The molecule has 2 aliphatic rings. The number of allylic oxidation sites excluding steroid dienone is 4. The van der Waals surface area contributed by atoms with Crippen molar-refractivity contribution in [1.29, 1.82) is 0 Å². The van der Waals surface area contributed by atoms with Gasteiger partial charge in [0.25, 0.3) is 0 Å². The van der Waals surface area contributed by atoms with Crippen molar-refractivity contribution >= 4 is 17.5 Å². The Hall–Kier alpha value is -2.74. The standard InChI is InChI=1S/C23H21NO.ClHO4/c1-16(20-14-13-17-8-4-7-11-21(17)25-20)12-15-22-23(2,3)18-9-5-6-10-19(18)24-22;2-1(3,4)5/h4-15H,1-3H3;(H,2,3,4,5)/b15-12+,20-16+;. The van der Waals surface area contributed by atoms with Gasteiger partial charge in [-0.15, -0.1) is 10.2 Å². The molecule has 0 aliphatic carbocycles. The van der Waals surface area contributed by atoms with Crippen LogP contribution >= 0.6 is 0 Å². The van der Waals surface area contributed by atoms with Gasteiger partial charge in [0.2, 0.25) is 5.69 Å². The summed E-state index contributed by atoms with van der Waals surface area (Å²) < 4.78 is 40.0. The van der Waals surface area contributed by atoms with E-state index in [2.05, 4.69) is 74.3 Å². The molecule has 0 atom stereocenters. The van der Waals surface area contributed by atoms with Crippen LogP contribution in [0.5, 0.6) is 5.75 Å². The van der Waals surface area contributed by atoms with Gasteiger partial charge in [-0.3, -0.25) is 0 Å². The molecule has 0 aromatic heterocycles. The van der Waals surface area contributed by atoms with Gasteiger partial charge >= 0.3 is 0 Å². The van der Waals surface area contributed by atoms with Gasteiger partial charge in [-0.1, -0.05) is 36.4 Å². The average molecular weight is 428 g/mol. The number of nitrogens with one attached hydrogen (secondary N) is 1. The molecule has 2 aromatic carbocycles. The maximum Gasteiger partial charge on any atom is 0.208 e. The van der Waals surface area contributed by atoms with Crippen molar-refractivity contribution in [3.63, 3.8) is 0 Å². The number of fused-ring (bicyclic) bond motifs is 2. The first-order valence-corrected chi connectivity index (χ1v) is 10.5. The zero-order chi connectivity index (χ0) is 21.9. The molecular formula is C23H22ClNO5. The van der Waals surface area contributed by atoms with Crippen LogP contribution in [0.15, 0.2) is 78.1 Å². The van der Waals surface area contributed by atoms with Gasteiger partial charge in [0, 0.05) is 23.3 Å². The maximum absolute atomic E-state index is 8.49. The molecule has 0 fully saturated rings. The Labute approximate surface area is 177 Å². The zero-order valence-electron chi connectivity index (χ0n) is 16.8. The number of ether oxygens (including phenoxy) is 1. The largest absolute Gasteiger partial charge is 0.456 e. The topological polar surface area (TPSA) is 115 Å². The van der Waals surface area contributed by atoms with Crippen molar-refractivity contribution in [3.8, 4) is 5.75 Å². The molecule has 0 bridgehead atoms. The van der Waals surface area contributed by atoms with E-state index in [9.17, 15) is 0 Å². The molecule has 2 aliphatic heterocycles. The van der Waals surface area contributed by atoms with Crippen LogP contribution in [0.1, 0.15) is 31.9 Å². The third-order valence-corrected chi connectivity index (χ3v) is 4.98. The molecule has 7 heteroatoms. The SMILES string of the molecule is CC(/C=C/C1=[NH+]c2ccccc2C1(C)C)=C1/C=Cc2ccccc2O1.[O-][Cl+3]([O-])([O-])[O-]. The van der Waals surface area contributed by atoms with Crippen LogP contribution < -0.4 is 28.4 Å². The van der Waals surface area contributed by atoms with Crippen LogP contribution in [0.25, 0.3) is 6.08 Å². The zero-order valence-corrected chi connectivity index (χ0v) is 17.6. The molecule has 0 spiro atoms. The fourth-order valence-corrected chi connectivity index (χ4v) is 3.37. The van der Waals surface area contributed by atoms with E-state index in [1.165, 1.54) is 17.0 Å². The molecule has 2 aromatic rings. The minimum Gasteiger partial charge on any atom is -0.456 e. The number of rotatable bonds is 2. The second-order valence-corrected chi connectivity index (χ2v) is 8.20. The number of hydrogen-bond acceptors (Lipinski definition) is 5. The van der Waals surface area contributed by atoms with Gasteiger partial charge in [0.15, 0.2) is 5.71 Å². The predicted molar refractivity (Wildman–Crippen MR) is 103 cm³/mol. The molecular weight excluding hydrogens is 406 g/mol. The Morgan fingerprint density at radius 1 is 0.967 bits per heavy atom. The summed E-state index contributed by atoms with van der Waals surface area (Å²) in [6, 6.07) is 16.6. The highest BCUT2D eigenvalue weighted by atomic mass is 35.7. The van der Waals surface area contributed by atoms with E-state index in [-0.39, 0.29) is 5.41 Å². The number of para-hydroxylation sites is 2. The summed E-state index contributed by atoms with van der Waals surface area (Å²) >= 11 is 0. The minimum absolute atomic E-state index is 0.0199. The quantitative estimate of drug-likeness (QED) is 0.681. The van der Waals surface area contributed by atoms with Crippen LogP contribution in [-0.2, 0) is 5.41 Å². The first-order valence-electron chi connectivity index (χ1n) is 9.25. The first-order chi connectivity index (χ1) is 14.1. The number of halogens is 1. The lowest BCUT2D eigenvalue weighted by atomic mass is 9.81. The molecule has 4 rings (SSSR count). The van der Waals surface area contributed by atoms with Crippen LogP contribution in [0.3, 0.4) is 0 Å². The van der Waals surface area contributed by atoms with Crippen LogP contribution in [0.2, 0.25) is 0 Å². The van der Waals surface area contributed by atoms with Crippen molar-refractivity contribution in [3.05, 3.63) is 89.2 Å². The second-order valence-electron chi connectivity index (χ2n) is 7.44. The molecule has 6 nitrogen and oxygen atoms in total. The molecule has 2 heterocycles. The fraction of sp³-hybridized carbons (Fsp3) is 0.174. The Kier molecular flexibility index (Phi) is 6.26. The highest BCUT2D eigenvalue weighted by Crippen LogP contribution is 2.32. The molecule has 0 unspecified atom stereocenters. The summed E-state index contributed by atoms with van der Waals surface area (Å²) in [6.07, 6.45) is 8.44. The lowest BCUT2D eigenvalue weighted by Gasteiger charge is -2.17. The first kappa shape index (κ1) is 22.0. The summed E-state index contributed by atoms with van der Waals surface area (Å²) in [5.41, 5.74) is 5.93. The summed E-state index contributed by atoms with van der Waals surface area (Å²) in [6.45, 7) is 6.59. The van der Waals surface area contributed by atoms with Gasteiger partial charge in [-0.05, 0) is 50.6 Å². The van der Waals surface area contributed by atoms with Crippen molar-refractivity contribution in [1.82, 2.24) is 0 Å². The minimum atomic E-state index is -4.94.